The van der Waals surface area contributed by atoms with E-state index in [2.05, 4.69) is 42.3 Å². The summed E-state index contributed by atoms with van der Waals surface area (Å²) < 4.78 is 0. The van der Waals surface area contributed by atoms with Crippen molar-refractivity contribution in [3.8, 4) is 0 Å². The van der Waals surface area contributed by atoms with E-state index in [4.69, 9.17) is 5.73 Å². The Morgan fingerprint density at radius 1 is 1.21 bits per heavy atom. The molecular weight excluding hydrogens is 432 g/mol. The molecule has 2 aromatic heterocycles. The maximum atomic E-state index is 12.4. The second kappa shape index (κ2) is 10.1. The Morgan fingerprint density at radius 2 is 1.94 bits per heavy atom. The van der Waals surface area contributed by atoms with Crippen LogP contribution >= 0.6 is 0 Å². The SMILES string of the molecule is C=NC(=O)CC[C@H](NC(=O)c1ccc(NCc2cnc3nc(N)[nH]c(=O)c3n2)cc1)C(=O)O. The van der Waals surface area contributed by atoms with E-state index in [0.29, 0.717) is 11.4 Å². The number of aliphatic carboxylic acids is 1. The molecule has 3 rings (SSSR count). The van der Waals surface area contributed by atoms with Crippen molar-refractivity contribution >= 4 is 47.3 Å². The average Bonchev–Trinajstić information content (AvgIpc) is 2.80. The molecule has 1 aromatic carbocycles. The Hall–Kier alpha value is -4.68. The van der Waals surface area contributed by atoms with Crippen LogP contribution in [-0.4, -0.2) is 55.6 Å². The van der Waals surface area contributed by atoms with Crippen molar-refractivity contribution in [1.82, 2.24) is 25.3 Å². The fourth-order valence-corrected chi connectivity index (χ4v) is 2.83. The number of carbonyl (C=O) groups excluding carboxylic acids is 2. The van der Waals surface area contributed by atoms with Gasteiger partial charge in [0.1, 0.15) is 6.04 Å². The smallest absolute Gasteiger partial charge is 0.326 e. The van der Waals surface area contributed by atoms with Gasteiger partial charge in [-0.25, -0.2) is 19.8 Å². The molecule has 0 aliphatic heterocycles. The number of benzene rings is 1. The first-order valence-electron chi connectivity index (χ1n) is 9.65. The molecule has 2 heterocycles. The van der Waals surface area contributed by atoms with Crippen LogP contribution in [0.1, 0.15) is 28.9 Å². The van der Waals surface area contributed by atoms with Crippen LogP contribution in [0.25, 0.3) is 11.2 Å². The minimum Gasteiger partial charge on any atom is -0.480 e. The normalized spacial score (nSPS) is 11.5. The molecule has 6 N–H and O–H groups in total. The Bertz CT molecular complexity index is 1270. The van der Waals surface area contributed by atoms with Gasteiger partial charge in [0.2, 0.25) is 11.9 Å². The van der Waals surface area contributed by atoms with E-state index in [1.807, 2.05) is 0 Å². The molecule has 0 radical (unpaired) electrons. The van der Waals surface area contributed by atoms with Crippen LogP contribution in [0.3, 0.4) is 0 Å². The largest absolute Gasteiger partial charge is 0.480 e. The van der Waals surface area contributed by atoms with Gasteiger partial charge in [-0.1, -0.05) is 0 Å². The van der Waals surface area contributed by atoms with Gasteiger partial charge in [-0.15, -0.1) is 0 Å². The Labute approximate surface area is 186 Å². The number of nitrogen functional groups attached to an aromatic ring is 1. The zero-order valence-electron chi connectivity index (χ0n) is 17.2. The zero-order valence-corrected chi connectivity index (χ0v) is 17.2. The molecule has 2 amide bonds. The van der Waals surface area contributed by atoms with E-state index in [-0.39, 0.29) is 42.1 Å². The number of nitrogens with two attached hydrogens (primary N) is 1. The number of hydrogen-bond donors (Lipinski definition) is 5. The van der Waals surface area contributed by atoms with Crippen molar-refractivity contribution in [3.05, 3.63) is 52.1 Å². The van der Waals surface area contributed by atoms with Gasteiger partial charge >= 0.3 is 5.97 Å². The van der Waals surface area contributed by atoms with Crippen LogP contribution in [0.5, 0.6) is 0 Å². The van der Waals surface area contributed by atoms with Crippen molar-refractivity contribution in [2.24, 2.45) is 4.99 Å². The lowest BCUT2D eigenvalue weighted by Gasteiger charge is -2.14. The summed E-state index contributed by atoms with van der Waals surface area (Å²) in [6.07, 6.45) is 1.22. The van der Waals surface area contributed by atoms with Crippen molar-refractivity contribution in [1.29, 1.82) is 0 Å². The molecule has 0 unspecified atom stereocenters. The van der Waals surface area contributed by atoms with E-state index in [1.165, 1.54) is 18.3 Å². The van der Waals surface area contributed by atoms with E-state index in [9.17, 15) is 24.3 Å². The minimum atomic E-state index is -1.26. The van der Waals surface area contributed by atoms with Gasteiger partial charge in [-0.2, -0.15) is 4.98 Å². The number of aromatic nitrogens is 4. The number of amides is 2. The molecular formula is C20H20N8O5. The highest BCUT2D eigenvalue weighted by atomic mass is 16.4. The molecule has 1 atom stereocenters. The summed E-state index contributed by atoms with van der Waals surface area (Å²) in [6.45, 7) is 3.33. The average molecular weight is 452 g/mol. The van der Waals surface area contributed by atoms with E-state index < -0.39 is 29.4 Å². The lowest BCUT2D eigenvalue weighted by Crippen LogP contribution is -2.41. The zero-order chi connectivity index (χ0) is 24.0. The minimum absolute atomic E-state index is 0.0475. The highest BCUT2D eigenvalue weighted by Crippen LogP contribution is 2.12. The van der Waals surface area contributed by atoms with E-state index >= 15 is 0 Å². The summed E-state index contributed by atoms with van der Waals surface area (Å²) in [5.74, 6) is -2.45. The van der Waals surface area contributed by atoms with Crippen LogP contribution in [0, 0.1) is 0 Å². The third kappa shape index (κ3) is 5.94. The second-order valence-electron chi connectivity index (χ2n) is 6.87. The quantitative estimate of drug-likeness (QED) is 0.277. The summed E-state index contributed by atoms with van der Waals surface area (Å²) in [4.78, 5) is 64.6. The number of hydrogen-bond acceptors (Lipinski definition) is 9. The molecule has 170 valence electrons. The third-order valence-corrected chi connectivity index (χ3v) is 4.53. The third-order valence-electron chi connectivity index (χ3n) is 4.53. The first-order chi connectivity index (χ1) is 15.8. The first-order valence-corrected chi connectivity index (χ1v) is 9.65. The number of aliphatic imine (C=N–C) groups is 1. The monoisotopic (exact) mass is 452 g/mol. The predicted octanol–water partition coefficient (Wildman–Crippen LogP) is 0.0978. The maximum absolute atomic E-state index is 12.4. The number of carboxylic acids is 1. The molecule has 13 heteroatoms. The molecule has 33 heavy (non-hydrogen) atoms. The standard InChI is InChI=1S/C20H20N8O5/c1-22-14(29)7-6-13(19(32)33)26-17(30)10-2-4-11(5-3-10)23-8-12-9-24-16-15(25-12)18(31)28-20(21)27-16/h2-5,9,13,23H,1,6-8H2,(H,26,30)(H,32,33)(H3,21,24,27,28,31)/t13-/m0/s1. The Morgan fingerprint density at radius 3 is 2.61 bits per heavy atom. The number of aromatic amines is 1. The molecule has 0 fully saturated rings. The molecule has 3 aromatic rings. The summed E-state index contributed by atoms with van der Waals surface area (Å²) in [5.41, 5.74) is 6.56. The summed E-state index contributed by atoms with van der Waals surface area (Å²) in [6, 6.07) is 5.03. The van der Waals surface area contributed by atoms with Crippen molar-refractivity contribution in [3.63, 3.8) is 0 Å². The Balaban J connectivity index is 1.61. The molecule has 0 saturated carbocycles. The van der Waals surface area contributed by atoms with Gasteiger partial charge in [0.05, 0.1) is 18.4 Å². The summed E-state index contributed by atoms with van der Waals surface area (Å²) in [7, 11) is 0. The number of anilines is 2. The maximum Gasteiger partial charge on any atom is 0.326 e. The van der Waals surface area contributed by atoms with Crippen LogP contribution in [-0.2, 0) is 16.1 Å². The molecule has 0 aliphatic rings. The summed E-state index contributed by atoms with van der Waals surface area (Å²) >= 11 is 0. The predicted molar refractivity (Wildman–Crippen MR) is 119 cm³/mol. The van der Waals surface area contributed by atoms with Gasteiger partial charge in [-0.05, 0) is 37.4 Å². The van der Waals surface area contributed by atoms with E-state index in [1.54, 1.807) is 12.1 Å². The van der Waals surface area contributed by atoms with E-state index in [0.717, 1.165) is 0 Å². The second-order valence-corrected chi connectivity index (χ2v) is 6.87. The first kappa shape index (κ1) is 23.0. The van der Waals surface area contributed by atoms with Crippen LogP contribution in [0.4, 0.5) is 11.6 Å². The van der Waals surface area contributed by atoms with Crippen molar-refractivity contribution < 1.29 is 19.5 Å². The topological polar surface area (TPSA) is 205 Å². The number of H-pyrrole nitrogens is 1. The van der Waals surface area contributed by atoms with Crippen LogP contribution in [0.2, 0.25) is 0 Å². The fourth-order valence-electron chi connectivity index (χ4n) is 2.83. The summed E-state index contributed by atoms with van der Waals surface area (Å²) in [5, 5.41) is 14.7. The lowest BCUT2D eigenvalue weighted by molar-refractivity contribution is -0.139. The molecule has 0 bridgehead atoms. The molecule has 0 aliphatic carbocycles. The number of carboxylic acid groups (broad SMARTS) is 1. The Kier molecular flexibility index (Phi) is 7.03. The van der Waals surface area contributed by atoms with Crippen LogP contribution < -0.4 is 21.9 Å². The number of carbonyl (C=O) groups is 3. The highest BCUT2D eigenvalue weighted by molar-refractivity contribution is 5.97. The van der Waals surface area contributed by atoms with Gasteiger partial charge < -0.3 is 21.5 Å². The molecule has 0 spiro atoms. The number of nitrogens with zero attached hydrogens (tertiary/aromatic N) is 4. The number of fused-ring (bicyclic) bond motifs is 1. The molecule has 13 nitrogen and oxygen atoms in total. The van der Waals surface area contributed by atoms with Gasteiger partial charge in [0.25, 0.3) is 11.5 Å². The highest BCUT2D eigenvalue weighted by Gasteiger charge is 2.21. The van der Waals surface area contributed by atoms with Gasteiger partial charge in [-0.3, -0.25) is 19.4 Å². The van der Waals surface area contributed by atoms with Gasteiger partial charge in [0, 0.05) is 17.7 Å². The van der Waals surface area contributed by atoms with Crippen LogP contribution in [0.15, 0.2) is 40.2 Å². The van der Waals surface area contributed by atoms with Crippen molar-refractivity contribution in [2.75, 3.05) is 11.1 Å². The lowest BCUT2D eigenvalue weighted by atomic mass is 10.1. The number of nitrogens with one attached hydrogen (secondary N) is 3. The van der Waals surface area contributed by atoms with Gasteiger partial charge in [0.15, 0.2) is 11.2 Å². The van der Waals surface area contributed by atoms with Crippen molar-refractivity contribution in [2.45, 2.75) is 25.4 Å². The number of rotatable bonds is 9. The molecule has 0 saturated heterocycles. The fraction of sp³-hybridized carbons (Fsp3) is 0.200.